The highest BCUT2D eigenvalue weighted by molar-refractivity contribution is 7.85. The van der Waals surface area contributed by atoms with Gasteiger partial charge >= 0.3 is 0 Å². The fraction of sp³-hybridized carbons (Fsp3) is 0.615. The fourth-order valence-electron chi connectivity index (χ4n) is 2.88. The van der Waals surface area contributed by atoms with Gasteiger partial charge in [0.15, 0.2) is 0 Å². The highest BCUT2D eigenvalue weighted by Gasteiger charge is 2.35. The number of fused-ring (bicyclic) bond motifs is 3. The van der Waals surface area contributed by atoms with Gasteiger partial charge in [-0.2, -0.15) is 0 Å². The van der Waals surface area contributed by atoms with E-state index in [0.29, 0.717) is 11.3 Å². The molecule has 1 aliphatic heterocycles. The predicted molar refractivity (Wildman–Crippen MR) is 78.5 cm³/mol. The first-order valence-electron chi connectivity index (χ1n) is 6.50. The molecule has 1 amide bonds. The molecule has 6 heteroatoms. The standard InChI is InChI=1S/C13H18N2O2S2/c1-13(2,3)7-4-5-8-9(6-7)18-12-10(8)11(16)14-19(17)15-12/h7,15H,4-6H2,1-3H3,(H,14,16). The minimum Gasteiger partial charge on any atom is -0.278 e. The van der Waals surface area contributed by atoms with Crippen LogP contribution in [0.25, 0.3) is 0 Å². The molecule has 2 aliphatic rings. The van der Waals surface area contributed by atoms with Gasteiger partial charge in [-0.3, -0.25) is 14.2 Å². The topological polar surface area (TPSA) is 58.2 Å². The number of hydrogen-bond donors (Lipinski definition) is 2. The molecule has 0 saturated carbocycles. The summed E-state index contributed by atoms with van der Waals surface area (Å²) in [6.45, 7) is 6.82. The monoisotopic (exact) mass is 298 g/mol. The molecule has 1 aromatic heterocycles. The molecule has 1 aromatic rings. The van der Waals surface area contributed by atoms with Gasteiger partial charge in [-0.05, 0) is 36.2 Å². The molecule has 2 unspecified atom stereocenters. The van der Waals surface area contributed by atoms with Crippen LogP contribution in [0.4, 0.5) is 5.00 Å². The first-order valence-corrected chi connectivity index (χ1v) is 8.47. The Balaban J connectivity index is 1.99. The van der Waals surface area contributed by atoms with Crippen molar-refractivity contribution in [1.82, 2.24) is 4.72 Å². The Bertz CT molecular complexity index is 572. The van der Waals surface area contributed by atoms with E-state index < -0.39 is 11.2 Å². The van der Waals surface area contributed by atoms with E-state index in [1.165, 1.54) is 10.4 Å². The van der Waals surface area contributed by atoms with E-state index in [0.717, 1.165) is 29.8 Å². The number of carbonyl (C=O) groups excluding carboxylic acids is 1. The zero-order valence-corrected chi connectivity index (χ0v) is 13.0. The van der Waals surface area contributed by atoms with Crippen LogP contribution in [0.1, 0.15) is 48.0 Å². The van der Waals surface area contributed by atoms with Crippen LogP contribution >= 0.6 is 11.3 Å². The largest absolute Gasteiger partial charge is 0.278 e. The molecular weight excluding hydrogens is 280 g/mol. The number of rotatable bonds is 0. The number of thiophene rings is 1. The van der Waals surface area contributed by atoms with Gasteiger partial charge < -0.3 is 0 Å². The van der Waals surface area contributed by atoms with Crippen LogP contribution in [0.2, 0.25) is 0 Å². The van der Waals surface area contributed by atoms with Crippen LogP contribution in [-0.4, -0.2) is 10.1 Å². The Hall–Kier alpha value is -0.880. The van der Waals surface area contributed by atoms with Crippen molar-refractivity contribution in [3.8, 4) is 0 Å². The smallest absolute Gasteiger partial charge is 0.267 e. The van der Waals surface area contributed by atoms with Crippen LogP contribution in [0.15, 0.2) is 0 Å². The van der Waals surface area contributed by atoms with Gasteiger partial charge in [-0.25, -0.2) is 4.21 Å². The van der Waals surface area contributed by atoms with Gasteiger partial charge in [0.25, 0.3) is 5.91 Å². The number of anilines is 1. The SMILES string of the molecule is CC(C)(C)C1CCc2c(sc3c2C(=O)NS(=O)N3)C1. The molecule has 0 saturated heterocycles. The van der Waals surface area contributed by atoms with Gasteiger partial charge in [0, 0.05) is 4.88 Å². The lowest BCUT2D eigenvalue weighted by Crippen LogP contribution is -2.35. The summed E-state index contributed by atoms with van der Waals surface area (Å²) in [6, 6.07) is 0. The van der Waals surface area contributed by atoms with Crippen LogP contribution in [0.3, 0.4) is 0 Å². The maximum atomic E-state index is 12.0. The number of nitrogens with one attached hydrogen (secondary N) is 2. The summed E-state index contributed by atoms with van der Waals surface area (Å²) < 4.78 is 16.7. The summed E-state index contributed by atoms with van der Waals surface area (Å²) in [4.78, 5) is 13.3. The van der Waals surface area contributed by atoms with Crippen molar-refractivity contribution in [2.24, 2.45) is 11.3 Å². The Kier molecular flexibility index (Phi) is 2.98. The Labute approximate surface area is 119 Å². The molecule has 0 aromatic carbocycles. The highest BCUT2D eigenvalue weighted by atomic mass is 32.2. The van der Waals surface area contributed by atoms with E-state index in [1.54, 1.807) is 11.3 Å². The minimum atomic E-state index is -1.48. The average Bonchev–Trinajstić information content (AvgIpc) is 2.64. The summed E-state index contributed by atoms with van der Waals surface area (Å²) >= 11 is 0.125. The molecule has 2 N–H and O–H groups in total. The van der Waals surface area contributed by atoms with Gasteiger partial charge in [0.1, 0.15) is 5.00 Å². The number of carbonyl (C=O) groups is 1. The molecule has 104 valence electrons. The van der Waals surface area contributed by atoms with E-state index in [-0.39, 0.29) is 5.91 Å². The third-order valence-electron chi connectivity index (χ3n) is 4.09. The fourth-order valence-corrected chi connectivity index (χ4v) is 5.04. The second-order valence-electron chi connectivity index (χ2n) is 6.32. The Morgan fingerprint density at radius 2 is 2.05 bits per heavy atom. The van der Waals surface area contributed by atoms with Crippen LogP contribution in [0.5, 0.6) is 0 Å². The molecule has 2 atom stereocenters. The highest BCUT2D eigenvalue weighted by Crippen LogP contribution is 2.44. The maximum Gasteiger partial charge on any atom is 0.267 e. The summed E-state index contributed by atoms with van der Waals surface area (Å²) in [5.74, 6) is 0.451. The van der Waals surface area contributed by atoms with Crippen molar-refractivity contribution in [1.29, 1.82) is 0 Å². The lowest BCUT2D eigenvalue weighted by atomic mass is 9.72. The lowest BCUT2D eigenvalue weighted by molar-refractivity contribution is 0.0981. The Morgan fingerprint density at radius 1 is 1.32 bits per heavy atom. The van der Waals surface area contributed by atoms with Gasteiger partial charge in [0.05, 0.1) is 5.56 Å². The zero-order valence-electron chi connectivity index (χ0n) is 11.3. The van der Waals surface area contributed by atoms with E-state index in [4.69, 9.17) is 0 Å². The van der Waals surface area contributed by atoms with E-state index >= 15 is 0 Å². The molecule has 0 bridgehead atoms. The zero-order chi connectivity index (χ0) is 13.8. The predicted octanol–water partition coefficient (Wildman–Crippen LogP) is 2.63. The molecule has 3 rings (SSSR count). The molecular formula is C13H18N2O2S2. The van der Waals surface area contributed by atoms with Gasteiger partial charge in [-0.1, -0.05) is 20.8 Å². The van der Waals surface area contributed by atoms with Crippen LogP contribution in [-0.2, 0) is 24.0 Å². The molecule has 19 heavy (non-hydrogen) atoms. The Morgan fingerprint density at radius 3 is 2.74 bits per heavy atom. The van der Waals surface area contributed by atoms with Crippen LogP contribution in [0, 0.1) is 11.3 Å². The van der Waals surface area contributed by atoms with Crippen molar-refractivity contribution in [2.45, 2.75) is 40.0 Å². The van der Waals surface area contributed by atoms with Crippen molar-refractivity contribution >= 4 is 33.4 Å². The van der Waals surface area contributed by atoms with Crippen LogP contribution < -0.4 is 9.44 Å². The van der Waals surface area contributed by atoms with E-state index in [1.807, 2.05) is 0 Å². The van der Waals surface area contributed by atoms with Crippen molar-refractivity contribution in [2.75, 3.05) is 4.72 Å². The van der Waals surface area contributed by atoms with Crippen molar-refractivity contribution < 1.29 is 9.00 Å². The second-order valence-corrected chi connectivity index (χ2v) is 8.37. The minimum absolute atomic E-state index is 0.196. The number of amides is 1. The third-order valence-corrected chi connectivity index (χ3v) is 6.15. The molecule has 0 radical (unpaired) electrons. The molecule has 2 heterocycles. The van der Waals surface area contributed by atoms with Gasteiger partial charge in [0.2, 0.25) is 11.2 Å². The quantitative estimate of drug-likeness (QED) is 0.773. The molecule has 0 fully saturated rings. The second kappa shape index (κ2) is 4.31. The molecule has 0 spiro atoms. The average molecular weight is 298 g/mol. The third kappa shape index (κ3) is 2.21. The summed E-state index contributed by atoms with van der Waals surface area (Å²) in [5, 5.41) is 0.779. The lowest BCUT2D eigenvalue weighted by Gasteiger charge is -2.33. The summed E-state index contributed by atoms with van der Waals surface area (Å²) in [6.07, 6.45) is 3.10. The summed E-state index contributed by atoms with van der Waals surface area (Å²) in [5.41, 5.74) is 2.19. The normalized spacial score (nSPS) is 26.2. The first kappa shape index (κ1) is 13.1. The maximum absolute atomic E-state index is 12.0. The van der Waals surface area contributed by atoms with E-state index in [9.17, 15) is 9.00 Å². The number of hydrogen-bond acceptors (Lipinski definition) is 3. The van der Waals surface area contributed by atoms with E-state index in [2.05, 4.69) is 30.2 Å². The molecule has 1 aliphatic carbocycles. The summed E-state index contributed by atoms with van der Waals surface area (Å²) in [7, 11) is 0. The van der Waals surface area contributed by atoms with Crippen molar-refractivity contribution in [3.05, 3.63) is 16.0 Å². The van der Waals surface area contributed by atoms with Crippen molar-refractivity contribution in [3.63, 3.8) is 0 Å². The molecule has 4 nitrogen and oxygen atoms in total. The first-order chi connectivity index (χ1) is 8.86. The van der Waals surface area contributed by atoms with Gasteiger partial charge in [-0.15, -0.1) is 11.3 Å².